The van der Waals surface area contributed by atoms with Crippen LogP contribution in [0.5, 0.6) is 0 Å². The van der Waals surface area contributed by atoms with Crippen molar-refractivity contribution in [1.82, 2.24) is 24.8 Å². The lowest BCUT2D eigenvalue weighted by Gasteiger charge is -2.16. The van der Waals surface area contributed by atoms with Crippen molar-refractivity contribution in [2.24, 2.45) is 0 Å². The van der Waals surface area contributed by atoms with Gasteiger partial charge in [0.1, 0.15) is 6.04 Å². The molecule has 1 atom stereocenters. The average Bonchev–Trinajstić information content (AvgIpc) is 3.51. The van der Waals surface area contributed by atoms with Gasteiger partial charge in [-0.05, 0) is 44.4 Å². The van der Waals surface area contributed by atoms with Crippen LogP contribution in [0.3, 0.4) is 0 Å². The second-order valence-corrected chi connectivity index (χ2v) is 9.46. The summed E-state index contributed by atoms with van der Waals surface area (Å²) >= 11 is 0. The molecule has 0 radical (unpaired) electrons. The number of carboxylic acids is 1. The summed E-state index contributed by atoms with van der Waals surface area (Å²) in [5, 5.41) is 14.2. The highest BCUT2D eigenvalue weighted by Gasteiger charge is 2.38. The van der Waals surface area contributed by atoms with E-state index >= 15 is 0 Å². The summed E-state index contributed by atoms with van der Waals surface area (Å²) in [5.41, 5.74) is 5.83. The van der Waals surface area contributed by atoms with E-state index in [9.17, 15) is 22.8 Å². The van der Waals surface area contributed by atoms with Crippen LogP contribution in [-0.2, 0) is 29.1 Å². The highest BCUT2D eigenvalue weighted by Crippen LogP contribution is 2.24. The number of carbonyl (C=O) groups excluding carboxylic acids is 1. The smallest absolute Gasteiger partial charge is 0.475 e. The number of rotatable bonds is 6. The van der Waals surface area contributed by atoms with E-state index in [1.54, 1.807) is 23.2 Å². The van der Waals surface area contributed by atoms with Gasteiger partial charge in [0.05, 0.1) is 6.54 Å². The number of carbonyl (C=O) groups is 2. The number of pyridine rings is 1. The number of anilines is 1. The maximum Gasteiger partial charge on any atom is 0.490 e. The molecule has 0 aliphatic carbocycles. The molecular formula is C27H27F3N6O4. The first-order valence-electron chi connectivity index (χ1n) is 12.3. The number of carboxylic acid groups (broad SMARTS) is 1. The maximum absolute atomic E-state index is 13.2. The molecule has 0 unspecified atom stereocenters. The number of alkyl halides is 3. The zero-order valence-electron chi connectivity index (χ0n) is 21.7. The molecule has 0 spiro atoms. The molecule has 0 saturated carbocycles. The monoisotopic (exact) mass is 556 g/mol. The number of aryl methyl sites for hydroxylation is 3. The zero-order valence-corrected chi connectivity index (χ0v) is 21.7. The van der Waals surface area contributed by atoms with Crippen LogP contribution in [0.25, 0.3) is 10.9 Å². The van der Waals surface area contributed by atoms with Crippen molar-refractivity contribution in [3.8, 4) is 0 Å². The molecule has 3 aromatic heterocycles. The third-order valence-corrected chi connectivity index (χ3v) is 6.28. The van der Waals surface area contributed by atoms with E-state index in [1.165, 1.54) is 11.1 Å². The minimum Gasteiger partial charge on any atom is -0.475 e. The SMILES string of the molecule is Cc1cc(C)cc(CNc2ncc3n(c2=O)[C@H](C(=O)NCc2cc4cnccc4[nH]2)CC3)c1.O=C(O)C(F)(F)F. The van der Waals surface area contributed by atoms with E-state index in [2.05, 4.69) is 57.6 Å². The first-order chi connectivity index (χ1) is 18.9. The zero-order chi connectivity index (χ0) is 29.0. The van der Waals surface area contributed by atoms with Crippen molar-refractivity contribution in [2.45, 2.75) is 52.0 Å². The summed E-state index contributed by atoms with van der Waals surface area (Å²) in [4.78, 5) is 46.8. The number of aliphatic carboxylic acids is 1. The van der Waals surface area contributed by atoms with Crippen molar-refractivity contribution in [3.63, 3.8) is 0 Å². The molecule has 210 valence electrons. The standard InChI is InChI=1S/C25H26N6O2.C2HF3O2/c1-15-7-16(2)9-17(8-15)11-27-23-25(33)31-20(14-28-23)3-4-22(31)24(32)29-13-19-10-18-12-26-6-5-21(18)30-19;3-2(4,5)1(6)7/h5-10,12,14,22,30H,3-4,11,13H2,1-2H3,(H,27,28)(H,29,32);(H,6,7)/t22-;/m0./s1. The second kappa shape index (κ2) is 11.6. The minimum absolute atomic E-state index is 0.168. The number of aromatic nitrogens is 4. The fourth-order valence-corrected chi connectivity index (χ4v) is 4.60. The van der Waals surface area contributed by atoms with E-state index in [0.717, 1.165) is 27.9 Å². The summed E-state index contributed by atoms with van der Waals surface area (Å²) in [7, 11) is 0. The van der Waals surface area contributed by atoms with Gasteiger partial charge in [0.2, 0.25) is 5.91 Å². The van der Waals surface area contributed by atoms with Gasteiger partial charge in [0.15, 0.2) is 5.82 Å². The lowest BCUT2D eigenvalue weighted by Crippen LogP contribution is -2.36. The van der Waals surface area contributed by atoms with Crippen molar-refractivity contribution >= 4 is 28.6 Å². The molecule has 4 heterocycles. The molecule has 5 rings (SSSR count). The number of nitrogens with zero attached hydrogens (tertiary/aromatic N) is 3. The van der Waals surface area contributed by atoms with E-state index < -0.39 is 18.2 Å². The molecule has 1 aliphatic heterocycles. The number of fused-ring (bicyclic) bond motifs is 2. The molecule has 13 heteroatoms. The lowest BCUT2D eigenvalue weighted by molar-refractivity contribution is -0.192. The minimum atomic E-state index is -5.08. The quantitative estimate of drug-likeness (QED) is 0.283. The van der Waals surface area contributed by atoms with Gasteiger partial charge in [-0.15, -0.1) is 0 Å². The molecule has 1 amide bonds. The van der Waals surface area contributed by atoms with Crippen molar-refractivity contribution in [2.75, 3.05) is 5.32 Å². The Balaban J connectivity index is 0.000000470. The van der Waals surface area contributed by atoms with Gasteiger partial charge < -0.3 is 20.7 Å². The highest BCUT2D eigenvalue weighted by molar-refractivity contribution is 5.82. The number of halogens is 3. The Hall–Kier alpha value is -4.68. The van der Waals surface area contributed by atoms with Crippen LogP contribution in [0.2, 0.25) is 0 Å². The van der Waals surface area contributed by atoms with Crippen LogP contribution in [0.4, 0.5) is 19.0 Å². The molecule has 4 aromatic rings. The van der Waals surface area contributed by atoms with Crippen LogP contribution in [0.1, 0.15) is 40.5 Å². The third-order valence-electron chi connectivity index (χ3n) is 6.28. The van der Waals surface area contributed by atoms with Crippen LogP contribution in [-0.4, -0.2) is 42.7 Å². The number of benzene rings is 1. The van der Waals surface area contributed by atoms with Gasteiger partial charge in [-0.3, -0.25) is 19.1 Å². The molecule has 1 aromatic carbocycles. The lowest BCUT2D eigenvalue weighted by atomic mass is 10.1. The van der Waals surface area contributed by atoms with E-state index in [-0.39, 0.29) is 17.3 Å². The Bertz CT molecular complexity index is 1560. The number of nitrogens with one attached hydrogen (secondary N) is 3. The van der Waals surface area contributed by atoms with Crippen LogP contribution >= 0.6 is 0 Å². The Morgan fingerprint density at radius 1 is 1.12 bits per heavy atom. The van der Waals surface area contributed by atoms with Crippen LogP contribution < -0.4 is 16.2 Å². The van der Waals surface area contributed by atoms with Crippen molar-refractivity contribution in [3.05, 3.63) is 87.4 Å². The third kappa shape index (κ3) is 6.65. The van der Waals surface area contributed by atoms with Gasteiger partial charge in [-0.2, -0.15) is 13.2 Å². The van der Waals surface area contributed by atoms with Gasteiger partial charge in [-0.1, -0.05) is 29.3 Å². The number of aromatic amines is 1. The van der Waals surface area contributed by atoms with Crippen LogP contribution in [0.15, 0.2) is 53.7 Å². The van der Waals surface area contributed by atoms with E-state index in [1.807, 2.05) is 12.1 Å². The summed E-state index contributed by atoms with van der Waals surface area (Å²) in [6.07, 6.45) is 1.35. The Morgan fingerprint density at radius 2 is 1.82 bits per heavy atom. The van der Waals surface area contributed by atoms with Crippen molar-refractivity contribution < 1.29 is 27.9 Å². The summed E-state index contributed by atoms with van der Waals surface area (Å²) < 4.78 is 33.3. The van der Waals surface area contributed by atoms with E-state index in [4.69, 9.17) is 9.90 Å². The molecule has 0 bridgehead atoms. The number of hydrogen-bond donors (Lipinski definition) is 4. The first-order valence-corrected chi connectivity index (χ1v) is 12.3. The second-order valence-electron chi connectivity index (χ2n) is 9.46. The van der Waals surface area contributed by atoms with Gasteiger partial charge in [0.25, 0.3) is 5.56 Å². The summed E-state index contributed by atoms with van der Waals surface area (Å²) in [5.74, 6) is -2.66. The Labute approximate surface area is 226 Å². The summed E-state index contributed by atoms with van der Waals surface area (Å²) in [6.45, 7) is 4.96. The summed E-state index contributed by atoms with van der Waals surface area (Å²) in [6, 6.07) is 9.61. The normalized spacial score (nSPS) is 14.3. The molecule has 4 N–H and O–H groups in total. The maximum atomic E-state index is 13.2. The van der Waals surface area contributed by atoms with Crippen molar-refractivity contribution in [1.29, 1.82) is 0 Å². The van der Waals surface area contributed by atoms with Crippen LogP contribution in [0, 0.1) is 13.8 Å². The topological polar surface area (TPSA) is 142 Å². The van der Waals surface area contributed by atoms with Gasteiger partial charge >= 0.3 is 12.1 Å². The largest absolute Gasteiger partial charge is 0.490 e. The predicted molar refractivity (Wildman–Crippen MR) is 141 cm³/mol. The fraction of sp³-hybridized carbons (Fsp3) is 0.296. The molecule has 10 nitrogen and oxygen atoms in total. The fourth-order valence-electron chi connectivity index (χ4n) is 4.60. The number of amides is 1. The molecule has 0 fully saturated rings. The first kappa shape index (κ1) is 28.3. The number of hydrogen-bond acceptors (Lipinski definition) is 6. The van der Waals surface area contributed by atoms with E-state index in [0.29, 0.717) is 25.9 Å². The predicted octanol–water partition coefficient (Wildman–Crippen LogP) is 3.79. The molecule has 1 aliphatic rings. The van der Waals surface area contributed by atoms with Gasteiger partial charge in [0, 0.05) is 47.4 Å². The number of H-pyrrole nitrogens is 1. The Morgan fingerprint density at radius 3 is 2.48 bits per heavy atom. The molecular weight excluding hydrogens is 529 g/mol. The highest BCUT2D eigenvalue weighted by atomic mass is 19.4. The Kier molecular flexibility index (Phi) is 8.21. The molecule has 40 heavy (non-hydrogen) atoms. The average molecular weight is 557 g/mol. The molecule has 0 saturated heterocycles. The van der Waals surface area contributed by atoms with Gasteiger partial charge in [-0.25, -0.2) is 9.78 Å².